The van der Waals surface area contributed by atoms with Crippen LogP contribution in [-0.2, 0) is 7.05 Å². The van der Waals surface area contributed by atoms with Crippen LogP contribution < -0.4 is 4.90 Å². The number of hydrogen-bond acceptors (Lipinski definition) is 5. The van der Waals surface area contributed by atoms with E-state index < -0.39 is 6.10 Å². The number of aryl methyl sites for hydroxylation is 1. The van der Waals surface area contributed by atoms with Gasteiger partial charge in [0.25, 0.3) is 5.91 Å². The second-order valence-electron chi connectivity index (χ2n) is 6.79. The van der Waals surface area contributed by atoms with Crippen molar-refractivity contribution in [3.8, 4) is 0 Å². The maximum atomic E-state index is 12.9. The molecule has 3 heterocycles. The average Bonchev–Trinajstić information content (AvgIpc) is 3.06. The molecule has 0 aromatic carbocycles. The van der Waals surface area contributed by atoms with E-state index in [1.54, 1.807) is 24.5 Å². The molecule has 1 amide bonds. The number of carbonyl (C=O) groups is 1. The van der Waals surface area contributed by atoms with Crippen LogP contribution in [0.2, 0.25) is 0 Å². The smallest absolute Gasteiger partial charge is 0.254 e. The summed E-state index contributed by atoms with van der Waals surface area (Å²) in [6.45, 7) is 1.24. The van der Waals surface area contributed by atoms with Gasteiger partial charge in [-0.05, 0) is 25.0 Å². The molecule has 0 bridgehead atoms. The minimum absolute atomic E-state index is 0.00560. The third-order valence-electron chi connectivity index (χ3n) is 4.77. The number of anilines is 1. The number of nitrogens with zero attached hydrogens (tertiary/aromatic N) is 5. The number of carbonyl (C=O) groups excluding carboxylic acids is 1. The third kappa shape index (κ3) is 3.66. The first-order valence-corrected chi connectivity index (χ1v) is 8.55. The van der Waals surface area contributed by atoms with Gasteiger partial charge in [-0.1, -0.05) is 0 Å². The highest BCUT2D eigenvalue weighted by molar-refractivity contribution is 5.94. The standard InChI is InChI=1S/C18H25N5O2/c1-21(2)15-11-13(6-7-19-15)18(25)23-9-4-5-14(12-23)16(24)17-20-8-10-22(17)3/h6-8,10-11,14,16,24H,4-5,9,12H2,1-3H3. The molecule has 0 radical (unpaired) electrons. The van der Waals surface area contributed by atoms with Crippen LogP contribution in [-0.4, -0.2) is 57.6 Å². The van der Waals surface area contributed by atoms with Crippen molar-refractivity contribution < 1.29 is 9.90 Å². The summed E-state index contributed by atoms with van der Waals surface area (Å²) >= 11 is 0. The third-order valence-corrected chi connectivity index (χ3v) is 4.77. The lowest BCUT2D eigenvalue weighted by Crippen LogP contribution is -2.42. The van der Waals surface area contributed by atoms with E-state index in [-0.39, 0.29) is 11.8 Å². The summed E-state index contributed by atoms with van der Waals surface area (Å²) in [5.74, 6) is 1.39. The fraction of sp³-hybridized carbons (Fsp3) is 0.500. The van der Waals surface area contributed by atoms with Gasteiger partial charge in [-0.3, -0.25) is 4.79 Å². The van der Waals surface area contributed by atoms with Crippen LogP contribution in [0.4, 0.5) is 5.82 Å². The van der Waals surface area contributed by atoms with Crippen molar-refractivity contribution in [1.29, 1.82) is 0 Å². The van der Waals surface area contributed by atoms with Gasteiger partial charge in [-0.15, -0.1) is 0 Å². The number of hydrogen-bond donors (Lipinski definition) is 1. The Balaban J connectivity index is 1.74. The molecule has 25 heavy (non-hydrogen) atoms. The molecule has 1 aliphatic rings. The summed E-state index contributed by atoms with van der Waals surface area (Å²) in [5.41, 5.74) is 0.630. The molecule has 1 N–H and O–H groups in total. The van der Waals surface area contributed by atoms with E-state index in [2.05, 4.69) is 9.97 Å². The largest absolute Gasteiger partial charge is 0.385 e. The van der Waals surface area contributed by atoms with Crippen molar-refractivity contribution in [2.45, 2.75) is 18.9 Å². The maximum absolute atomic E-state index is 12.9. The van der Waals surface area contributed by atoms with Gasteiger partial charge in [0.15, 0.2) is 0 Å². The van der Waals surface area contributed by atoms with E-state index in [9.17, 15) is 9.90 Å². The highest BCUT2D eigenvalue weighted by Crippen LogP contribution is 2.29. The summed E-state index contributed by atoms with van der Waals surface area (Å²) in [6, 6.07) is 3.55. The first-order valence-electron chi connectivity index (χ1n) is 8.55. The highest BCUT2D eigenvalue weighted by atomic mass is 16.3. The number of aromatic nitrogens is 3. The van der Waals surface area contributed by atoms with Gasteiger partial charge in [0.05, 0.1) is 0 Å². The Labute approximate surface area is 147 Å². The van der Waals surface area contributed by atoms with Gasteiger partial charge < -0.3 is 19.5 Å². The molecule has 3 rings (SSSR count). The predicted octanol–water partition coefficient (Wildman–Crippen LogP) is 1.47. The molecule has 1 saturated heterocycles. The molecule has 7 heteroatoms. The Kier molecular flexibility index (Phi) is 5.03. The zero-order chi connectivity index (χ0) is 18.0. The zero-order valence-corrected chi connectivity index (χ0v) is 15.0. The van der Waals surface area contributed by atoms with Crippen LogP contribution in [0.3, 0.4) is 0 Å². The predicted molar refractivity (Wildman–Crippen MR) is 95.4 cm³/mol. The lowest BCUT2D eigenvalue weighted by Gasteiger charge is -2.35. The number of piperidine rings is 1. The Morgan fingerprint density at radius 3 is 2.84 bits per heavy atom. The van der Waals surface area contributed by atoms with Gasteiger partial charge in [-0.2, -0.15) is 0 Å². The van der Waals surface area contributed by atoms with Crippen LogP contribution in [0.25, 0.3) is 0 Å². The van der Waals surface area contributed by atoms with E-state index in [1.165, 1.54) is 0 Å². The number of amides is 1. The summed E-state index contributed by atoms with van der Waals surface area (Å²) in [4.78, 5) is 25.1. The molecule has 0 spiro atoms. The Morgan fingerprint density at radius 2 is 2.16 bits per heavy atom. The molecule has 2 unspecified atom stereocenters. The quantitative estimate of drug-likeness (QED) is 0.910. The molecule has 7 nitrogen and oxygen atoms in total. The molecule has 2 aromatic rings. The molecule has 1 aliphatic heterocycles. The first kappa shape index (κ1) is 17.4. The molecule has 1 fully saturated rings. The summed E-state index contributed by atoms with van der Waals surface area (Å²) in [7, 11) is 5.67. The van der Waals surface area contributed by atoms with Gasteiger partial charge >= 0.3 is 0 Å². The van der Waals surface area contributed by atoms with Gasteiger partial charge in [0.2, 0.25) is 0 Å². The summed E-state index contributed by atoms with van der Waals surface area (Å²) in [5, 5.41) is 10.7. The number of aliphatic hydroxyl groups is 1. The maximum Gasteiger partial charge on any atom is 0.254 e. The first-order chi connectivity index (χ1) is 12.0. The number of rotatable bonds is 4. The summed E-state index contributed by atoms with van der Waals surface area (Å²) in [6.07, 6.45) is 6.27. The molecule has 134 valence electrons. The van der Waals surface area contributed by atoms with E-state index in [0.29, 0.717) is 24.5 Å². The molecule has 2 aromatic heterocycles. The molecule has 2 atom stereocenters. The van der Waals surface area contributed by atoms with E-state index in [0.717, 1.165) is 18.7 Å². The van der Waals surface area contributed by atoms with E-state index in [4.69, 9.17) is 0 Å². The van der Waals surface area contributed by atoms with Gasteiger partial charge in [0.1, 0.15) is 17.7 Å². The van der Waals surface area contributed by atoms with Crippen LogP contribution in [0.5, 0.6) is 0 Å². The second-order valence-corrected chi connectivity index (χ2v) is 6.79. The number of imidazole rings is 1. The van der Waals surface area contributed by atoms with Crippen LogP contribution in [0, 0.1) is 5.92 Å². The second kappa shape index (κ2) is 7.23. The SMILES string of the molecule is CN(C)c1cc(C(=O)N2CCCC(C(O)c3nccn3C)C2)ccn1. The number of aliphatic hydroxyl groups excluding tert-OH is 1. The van der Waals surface area contributed by atoms with Crippen molar-refractivity contribution >= 4 is 11.7 Å². The topological polar surface area (TPSA) is 74.5 Å². The van der Waals surface area contributed by atoms with Crippen molar-refractivity contribution in [2.75, 3.05) is 32.1 Å². The van der Waals surface area contributed by atoms with Crippen molar-refractivity contribution in [1.82, 2.24) is 19.4 Å². The Morgan fingerprint density at radius 1 is 1.36 bits per heavy atom. The fourth-order valence-electron chi connectivity index (χ4n) is 3.30. The molecule has 0 saturated carbocycles. The normalized spacial score (nSPS) is 18.9. The minimum atomic E-state index is -0.662. The molecular formula is C18H25N5O2. The monoisotopic (exact) mass is 343 g/mol. The van der Waals surface area contributed by atoms with Crippen LogP contribution in [0.15, 0.2) is 30.7 Å². The van der Waals surface area contributed by atoms with E-state index >= 15 is 0 Å². The fourth-order valence-corrected chi connectivity index (χ4v) is 3.30. The Bertz CT molecular complexity index is 743. The van der Waals surface area contributed by atoms with E-state index in [1.807, 2.05) is 41.7 Å². The minimum Gasteiger partial charge on any atom is -0.385 e. The van der Waals surface area contributed by atoms with Crippen LogP contribution in [0.1, 0.15) is 35.1 Å². The molecular weight excluding hydrogens is 318 g/mol. The Hall–Kier alpha value is -2.41. The lowest BCUT2D eigenvalue weighted by atomic mass is 9.91. The lowest BCUT2D eigenvalue weighted by molar-refractivity contribution is 0.0358. The zero-order valence-electron chi connectivity index (χ0n) is 15.0. The summed E-state index contributed by atoms with van der Waals surface area (Å²) < 4.78 is 1.83. The van der Waals surface area contributed by atoms with Crippen molar-refractivity contribution in [3.63, 3.8) is 0 Å². The van der Waals surface area contributed by atoms with Gasteiger partial charge in [0, 0.05) is 64.3 Å². The van der Waals surface area contributed by atoms with Crippen LogP contribution >= 0.6 is 0 Å². The van der Waals surface area contributed by atoms with Crippen molar-refractivity contribution in [3.05, 3.63) is 42.1 Å². The van der Waals surface area contributed by atoms with Crippen molar-refractivity contribution in [2.24, 2.45) is 13.0 Å². The molecule has 0 aliphatic carbocycles. The highest BCUT2D eigenvalue weighted by Gasteiger charge is 2.31. The average molecular weight is 343 g/mol. The number of likely N-dealkylation sites (tertiary alicyclic amines) is 1. The number of pyridine rings is 1. The van der Waals surface area contributed by atoms with Gasteiger partial charge in [-0.25, -0.2) is 9.97 Å².